The number of anilines is 1. The second-order valence-corrected chi connectivity index (χ2v) is 6.66. The average molecular weight is 359 g/mol. The van der Waals surface area contributed by atoms with Gasteiger partial charge >= 0.3 is 5.97 Å². The first-order valence-electron chi connectivity index (χ1n) is 8.71. The first-order chi connectivity index (χ1) is 13.0. The third-order valence-corrected chi connectivity index (χ3v) is 4.23. The summed E-state index contributed by atoms with van der Waals surface area (Å²) in [5, 5.41) is 2.81. The quantitative estimate of drug-likeness (QED) is 0.650. The van der Waals surface area contributed by atoms with Gasteiger partial charge in [-0.05, 0) is 55.8 Å². The third kappa shape index (κ3) is 4.61. The Balaban J connectivity index is 1.66. The van der Waals surface area contributed by atoms with Crippen molar-refractivity contribution in [3.05, 3.63) is 102 Å². The van der Waals surface area contributed by atoms with Gasteiger partial charge in [-0.25, -0.2) is 4.79 Å². The van der Waals surface area contributed by atoms with Gasteiger partial charge in [-0.2, -0.15) is 0 Å². The summed E-state index contributed by atoms with van der Waals surface area (Å²) in [5.41, 5.74) is 1.80. The fraction of sp³-hybridized carbons (Fsp3) is 0.130. The molecule has 0 saturated carbocycles. The van der Waals surface area contributed by atoms with E-state index in [2.05, 4.69) is 5.32 Å². The Bertz CT molecular complexity index is 917. The highest BCUT2D eigenvalue weighted by molar-refractivity contribution is 6.04. The summed E-state index contributed by atoms with van der Waals surface area (Å²) in [4.78, 5) is 24.7. The Morgan fingerprint density at radius 1 is 0.741 bits per heavy atom. The maximum Gasteiger partial charge on any atom is 0.338 e. The van der Waals surface area contributed by atoms with Gasteiger partial charge in [0.2, 0.25) is 0 Å². The molecule has 4 heteroatoms. The lowest BCUT2D eigenvalue weighted by molar-refractivity contribution is -0.00312. The zero-order valence-electron chi connectivity index (χ0n) is 15.3. The molecule has 0 aliphatic heterocycles. The van der Waals surface area contributed by atoms with E-state index in [-0.39, 0.29) is 5.91 Å². The minimum atomic E-state index is -0.738. The summed E-state index contributed by atoms with van der Waals surface area (Å²) in [6.07, 6.45) is 0. The Kier molecular flexibility index (Phi) is 5.36. The van der Waals surface area contributed by atoms with E-state index in [1.807, 2.05) is 62.4 Å². The number of esters is 1. The topological polar surface area (TPSA) is 55.4 Å². The van der Waals surface area contributed by atoms with Crippen molar-refractivity contribution >= 4 is 17.6 Å². The summed E-state index contributed by atoms with van der Waals surface area (Å²) in [6, 6.07) is 25.2. The molecule has 0 saturated heterocycles. The van der Waals surface area contributed by atoms with Crippen LogP contribution in [0.3, 0.4) is 0 Å². The van der Waals surface area contributed by atoms with Crippen molar-refractivity contribution in [2.45, 2.75) is 19.4 Å². The fourth-order valence-corrected chi connectivity index (χ4v) is 2.67. The number of hydrogen-bond donors (Lipinski definition) is 1. The van der Waals surface area contributed by atoms with E-state index in [4.69, 9.17) is 4.74 Å². The van der Waals surface area contributed by atoms with Gasteiger partial charge in [-0.3, -0.25) is 4.79 Å². The molecule has 3 aromatic carbocycles. The molecule has 3 aromatic rings. The number of carbonyl (C=O) groups excluding carboxylic acids is 2. The van der Waals surface area contributed by atoms with E-state index in [1.165, 1.54) is 0 Å². The molecule has 3 rings (SSSR count). The summed E-state index contributed by atoms with van der Waals surface area (Å²) < 4.78 is 5.67. The molecule has 0 radical (unpaired) electrons. The highest BCUT2D eigenvalue weighted by Crippen LogP contribution is 2.26. The predicted molar refractivity (Wildman–Crippen MR) is 106 cm³/mol. The molecular weight excluding hydrogens is 338 g/mol. The van der Waals surface area contributed by atoms with Crippen LogP contribution in [-0.4, -0.2) is 11.9 Å². The molecule has 1 amide bonds. The smallest absolute Gasteiger partial charge is 0.338 e. The summed E-state index contributed by atoms with van der Waals surface area (Å²) in [7, 11) is 0. The van der Waals surface area contributed by atoms with Crippen LogP contribution < -0.4 is 5.32 Å². The molecule has 0 fully saturated rings. The molecule has 1 N–H and O–H groups in total. The SMILES string of the molecule is CC(C)(OC(=O)c1ccc(NC(=O)c2ccccc2)cc1)c1ccccc1. The number of ether oxygens (including phenoxy) is 1. The Morgan fingerprint density at radius 2 is 1.30 bits per heavy atom. The molecule has 0 spiro atoms. The lowest BCUT2D eigenvalue weighted by Gasteiger charge is -2.25. The predicted octanol–water partition coefficient (Wildman–Crippen LogP) is 5.03. The van der Waals surface area contributed by atoms with Crippen LogP contribution in [0.5, 0.6) is 0 Å². The highest BCUT2D eigenvalue weighted by atomic mass is 16.6. The van der Waals surface area contributed by atoms with Crippen molar-refractivity contribution in [2.24, 2.45) is 0 Å². The van der Waals surface area contributed by atoms with Crippen LogP contribution in [0.1, 0.15) is 40.1 Å². The van der Waals surface area contributed by atoms with Crippen molar-refractivity contribution in [3.8, 4) is 0 Å². The Hall–Kier alpha value is -3.40. The second-order valence-electron chi connectivity index (χ2n) is 6.66. The minimum Gasteiger partial charge on any atom is -0.451 e. The first-order valence-corrected chi connectivity index (χ1v) is 8.71. The Labute approximate surface area is 158 Å². The van der Waals surface area contributed by atoms with Gasteiger partial charge in [-0.1, -0.05) is 48.5 Å². The van der Waals surface area contributed by atoms with Crippen LogP contribution in [-0.2, 0) is 10.3 Å². The molecule has 0 aliphatic rings. The van der Waals surface area contributed by atoms with Crippen molar-refractivity contribution < 1.29 is 14.3 Å². The van der Waals surface area contributed by atoms with Gasteiger partial charge in [0.1, 0.15) is 5.60 Å². The van der Waals surface area contributed by atoms with Crippen LogP contribution in [0, 0.1) is 0 Å². The van der Waals surface area contributed by atoms with Gasteiger partial charge in [0, 0.05) is 11.3 Å². The molecule has 27 heavy (non-hydrogen) atoms. The van der Waals surface area contributed by atoms with E-state index in [1.54, 1.807) is 36.4 Å². The van der Waals surface area contributed by atoms with Crippen molar-refractivity contribution in [3.63, 3.8) is 0 Å². The van der Waals surface area contributed by atoms with Gasteiger partial charge < -0.3 is 10.1 Å². The molecule has 136 valence electrons. The molecule has 0 aliphatic carbocycles. The molecule has 0 heterocycles. The zero-order valence-corrected chi connectivity index (χ0v) is 15.3. The van der Waals surface area contributed by atoms with Crippen molar-refractivity contribution in [1.82, 2.24) is 0 Å². The normalized spacial score (nSPS) is 10.9. The van der Waals surface area contributed by atoms with E-state index in [9.17, 15) is 9.59 Å². The summed E-state index contributed by atoms with van der Waals surface area (Å²) >= 11 is 0. The van der Waals surface area contributed by atoms with Crippen LogP contribution in [0.25, 0.3) is 0 Å². The van der Waals surface area contributed by atoms with E-state index in [0.29, 0.717) is 16.8 Å². The average Bonchev–Trinajstić information content (AvgIpc) is 2.69. The van der Waals surface area contributed by atoms with E-state index >= 15 is 0 Å². The number of carbonyl (C=O) groups is 2. The van der Waals surface area contributed by atoms with Crippen LogP contribution >= 0.6 is 0 Å². The third-order valence-electron chi connectivity index (χ3n) is 4.23. The summed E-state index contributed by atoms with van der Waals surface area (Å²) in [5.74, 6) is -0.610. The summed E-state index contributed by atoms with van der Waals surface area (Å²) in [6.45, 7) is 3.71. The van der Waals surface area contributed by atoms with Gasteiger partial charge in [0.15, 0.2) is 0 Å². The van der Waals surface area contributed by atoms with Crippen molar-refractivity contribution in [2.75, 3.05) is 5.32 Å². The monoisotopic (exact) mass is 359 g/mol. The van der Waals surface area contributed by atoms with Crippen LogP contribution in [0.4, 0.5) is 5.69 Å². The first kappa shape index (κ1) is 18.4. The standard InChI is InChI=1S/C23H21NO3/c1-23(2,19-11-7-4-8-12-19)27-22(26)18-13-15-20(16-14-18)24-21(25)17-9-5-3-6-10-17/h3-16H,1-2H3,(H,24,25). The highest BCUT2D eigenvalue weighted by Gasteiger charge is 2.25. The van der Waals surface area contributed by atoms with Crippen molar-refractivity contribution in [1.29, 1.82) is 0 Å². The largest absolute Gasteiger partial charge is 0.451 e. The van der Waals surface area contributed by atoms with E-state index < -0.39 is 11.6 Å². The molecule has 0 aromatic heterocycles. The Morgan fingerprint density at radius 3 is 1.89 bits per heavy atom. The molecular formula is C23H21NO3. The van der Waals surface area contributed by atoms with Gasteiger partial charge in [0.05, 0.1) is 5.56 Å². The molecule has 4 nitrogen and oxygen atoms in total. The number of benzene rings is 3. The van der Waals surface area contributed by atoms with Gasteiger partial charge in [0.25, 0.3) is 5.91 Å². The van der Waals surface area contributed by atoms with Crippen LogP contribution in [0.15, 0.2) is 84.9 Å². The molecule has 0 bridgehead atoms. The molecule has 0 unspecified atom stereocenters. The molecule has 0 atom stereocenters. The van der Waals surface area contributed by atoms with Gasteiger partial charge in [-0.15, -0.1) is 0 Å². The lowest BCUT2D eigenvalue weighted by Crippen LogP contribution is -2.25. The number of nitrogens with one attached hydrogen (secondary N) is 1. The number of amides is 1. The fourth-order valence-electron chi connectivity index (χ4n) is 2.67. The number of rotatable bonds is 5. The number of hydrogen-bond acceptors (Lipinski definition) is 3. The maximum atomic E-state index is 12.5. The second kappa shape index (κ2) is 7.87. The maximum absolute atomic E-state index is 12.5. The minimum absolute atomic E-state index is 0.198. The lowest BCUT2D eigenvalue weighted by atomic mass is 9.98. The van der Waals surface area contributed by atoms with Crippen LogP contribution in [0.2, 0.25) is 0 Å². The van der Waals surface area contributed by atoms with E-state index in [0.717, 1.165) is 5.56 Å². The zero-order chi connectivity index (χ0) is 19.3.